The summed E-state index contributed by atoms with van der Waals surface area (Å²) in [5.74, 6) is -0.359. The SMILES string of the molecule is CN(C)[C@H](CNC(=O)CN1C(=O)[C@H]2CCCC[C@@H]2C1=O)c1ccco1. The zero-order chi connectivity index (χ0) is 18.0. The molecule has 136 valence electrons. The molecule has 1 aliphatic carbocycles. The first kappa shape index (κ1) is 17.7. The van der Waals surface area contributed by atoms with E-state index in [2.05, 4.69) is 5.32 Å². The van der Waals surface area contributed by atoms with Crippen LogP contribution in [0.5, 0.6) is 0 Å². The quantitative estimate of drug-likeness (QED) is 0.781. The van der Waals surface area contributed by atoms with Crippen LogP contribution >= 0.6 is 0 Å². The Morgan fingerprint density at radius 3 is 2.44 bits per heavy atom. The zero-order valence-electron chi connectivity index (χ0n) is 14.7. The maximum atomic E-state index is 12.4. The number of rotatable bonds is 6. The summed E-state index contributed by atoms with van der Waals surface area (Å²) in [4.78, 5) is 40.2. The summed E-state index contributed by atoms with van der Waals surface area (Å²) in [5.41, 5.74) is 0. The van der Waals surface area contributed by atoms with Gasteiger partial charge in [0.25, 0.3) is 0 Å². The molecular formula is C18H25N3O4. The Hall–Kier alpha value is -2.15. The van der Waals surface area contributed by atoms with Gasteiger partial charge in [-0.25, -0.2) is 0 Å². The van der Waals surface area contributed by atoms with Gasteiger partial charge in [0, 0.05) is 6.54 Å². The monoisotopic (exact) mass is 347 g/mol. The maximum absolute atomic E-state index is 12.4. The van der Waals surface area contributed by atoms with Gasteiger partial charge in [-0.15, -0.1) is 0 Å². The number of hydrogen-bond donors (Lipinski definition) is 1. The fraction of sp³-hybridized carbons (Fsp3) is 0.611. The van der Waals surface area contributed by atoms with E-state index in [1.165, 1.54) is 0 Å². The number of amides is 3. The third-order valence-electron chi connectivity index (χ3n) is 5.22. The molecule has 25 heavy (non-hydrogen) atoms. The highest BCUT2D eigenvalue weighted by molar-refractivity contribution is 6.07. The van der Waals surface area contributed by atoms with E-state index < -0.39 is 0 Å². The Morgan fingerprint density at radius 2 is 1.92 bits per heavy atom. The molecule has 2 heterocycles. The molecule has 0 bridgehead atoms. The van der Waals surface area contributed by atoms with Crippen LogP contribution in [0.15, 0.2) is 22.8 Å². The standard InChI is InChI=1S/C18H25N3O4/c1-20(2)14(15-8-5-9-25-15)10-19-16(22)11-21-17(23)12-6-3-4-7-13(12)18(21)24/h5,8-9,12-14H,3-4,6-7,10-11H2,1-2H3,(H,19,22)/t12-,13-,14+/m0/s1. The average Bonchev–Trinajstić information content (AvgIpc) is 3.19. The van der Waals surface area contributed by atoms with Crippen molar-refractivity contribution in [3.8, 4) is 0 Å². The molecule has 7 nitrogen and oxygen atoms in total. The fourth-order valence-corrected chi connectivity index (χ4v) is 3.82. The van der Waals surface area contributed by atoms with Crippen molar-refractivity contribution in [3.05, 3.63) is 24.2 Å². The first-order valence-electron chi connectivity index (χ1n) is 8.80. The molecule has 1 aliphatic heterocycles. The highest BCUT2D eigenvalue weighted by atomic mass is 16.3. The summed E-state index contributed by atoms with van der Waals surface area (Å²) >= 11 is 0. The summed E-state index contributed by atoms with van der Waals surface area (Å²) in [6.45, 7) is 0.158. The van der Waals surface area contributed by atoms with Gasteiger partial charge in [0.2, 0.25) is 17.7 Å². The lowest BCUT2D eigenvalue weighted by Gasteiger charge is -2.23. The van der Waals surface area contributed by atoms with E-state index in [9.17, 15) is 14.4 Å². The van der Waals surface area contributed by atoms with E-state index >= 15 is 0 Å². The molecule has 3 rings (SSSR count). The molecule has 1 aromatic heterocycles. The second-order valence-corrected chi connectivity index (χ2v) is 7.06. The summed E-state index contributed by atoms with van der Waals surface area (Å²) in [6, 6.07) is 3.55. The van der Waals surface area contributed by atoms with E-state index in [1.54, 1.807) is 12.3 Å². The van der Waals surface area contributed by atoms with Gasteiger partial charge in [-0.05, 0) is 39.1 Å². The Kier molecular flexibility index (Phi) is 5.22. The van der Waals surface area contributed by atoms with Crippen LogP contribution in [-0.4, -0.2) is 54.7 Å². The summed E-state index contributed by atoms with van der Waals surface area (Å²) in [7, 11) is 3.80. The number of furan rings is 1. The molecule has 1 saturated heterocycles. The van der Waals surface area contributed by atoms with Crippen LogP contribution in [0.1, 0.15) is 37.5 Å². The minimum Gasteiger partial charge on any atom is -0.468 e. The molecule has 0 spiro atoms. The molecule has 0 radical (unpaired) electrons. The Labute approximate surface area is 147 Å². The van der Waals surface area contributed by atoms with Crippen LogP contribution in [0.25, 0.3) is 0 Å². The number of fused-ring (bicyclic) bond motifs is 1. The van der Waals surface area contributed by atoms with Crippen LogP contribution in [-0.2, 0) is 14.4 Å². The molecule has 0 unspecified atom stereocenters. The number of carbonyl (C=O) groups is 3. The van der Waals surface area contributed by atoms with Crippen molar-refractivity contribution < 1.29 is 18.8 Å². The normalized spacial score (nSPS) is 24.5. The van der Waals surface area contributed by atoms with Gasteiger partial charge >= 0.3 is 0 Å². The van der Waals surface area contributed by atoms with Crippen LogP contribution in [0.2, 0.25) is 0 Å². The fourth-order valence-electron chi connectivity index (χ4n) is 3.82. The average molecular weight is 347 g/mol. The van der Waals surface area contributed by atoms with E-state index in [-0.39, 0.29) is 42.1 Å². The Bertz CT molecular complexity index is 617. The van der Waals surface area contributed by atoms with Crippen molar-refractivity contribution in [2.75, 3.05) is 27.2 Å². The van der Waals surface area contributed by atoms with Crippen molar-refractivity contribution >= 4 is 17.7 Å². The number of likely N-dealkylation sites (tertiary alicyclic amines) is 1. The largest absolute Gasteiger partial charge is 0.468 e. The van der Waals surface area contributed by atoms with Gasteiger partial charge in [-0.2, -0.15) is 0 Å². The first-order valence-corrected chi connectivity index (χ1v) is 8.80. The number of nitrogens with one attached hydrogen (secondary N) is 1. The summed E-state index contributed by atoms with van der Waals surface area (Å²) < 4.78 is 5.41. The highest BCUT2D eigenvalue weighted by Crippen LogP contribution is 2.37. The number of imide groups is 1. The lowest BCUT2D eigenvalue weighted by Crippen LogP contribution is -2.43. The lowest BCUT2D eigenvalue weighted by atomic mass is 9.81. The van der Waals surface area contributed by atoms with Crippen molar-refractivity contribution in [3.63, 3.8) is 0 Å². The van der Waals surface area contributed by atoms with Gasteiger partial charge in [0.05, 0.1) is 24.1 Å². The zero-order valence-corrected chi connectivity index (χ0v) is 14.7. The predicted octanol–water partition coefficient (Wildman–Crippen LogP) is 1.17. The number of carbonyl (C=O) groups excluding carboxylic acids is 3. The van der Waals surface area contributed by atoms with E-state index in [1.807, 2.05) is 25.1 Å². The second kappa shape index (κ2) is 7.39. The van der Waals surface area contributed by atoms with Crippen LogP contribution in [0.3, 0.4) is 0 Å². The molecule has 1 saturated carbocycles. The molecule has 1 aromatic rings. The molecule has 3 amide bonds. The maximum Gasteiger partial charge on any atom is 0.240 e. The second-order valence-electron chi connectivity index (χ2n) is 7.06. The minimum atomic E-state index is -0.321. The number of nitrogens with zero attached hydrogens (tertiary/aromatic N) is 2. The van der Waals surface area contributed by atoms with E-state index in [0.29, 0.717) is 6.54 Å². The molecule has 3 atom stereocenters. The molecular weight excluding hydrogens is 322 g/mol. The van der Waals surface area contributed by atoms with Gasteiger partial charge in [-0.3, -0.25) is 24.2 Å². The summed E-state index contributed by atoms with van der Waals surface area (Å²) in [5, 5.41) is 2.81. The molecule has 2 aliphatic rings. The van der Waals surface area contributed by atoms with Crippen LogP contribution in [0.4, 0.5) is 0 Å². The number of likely N-dealkylation sites (N-methyl/N-ethyl adjacent to an activating group) is 1. The predicted molar refractivity (Wildman–Crippen MR) is 90.3 cm³/mol. The Morgan fingerprint density at radius 1 is 1.28 bits per heavy atom. The molecule has 2 fully saturated rings. The number of hydrogen-bond acceptors (Lipinski definition) is 5. The third kappa shape index (κ3) is 3.61. The van der Waals surface area contributed by atoms with Crippen molar-refractivity contribution in [2.45, 2.75) is 31.7 Å². The summed E-state index contributed by atoms with van der Waals surface area (Å²) in [6.07, 6.45) is 5.07. The Balaban J connectivity index is 1.57. The van der Waals surface area contributed by atoms with Crippen LogP contribution in [0, 0.1) is 11.8 Å². The van der Waals surface area contributed by atoms with Crippen molar-refractivity contribution in [1.82, 2.24) is 15.1 Å². The molecule has 1 N–H and O–H groups in total. The van der Waals surface area contributed by atoms with Gasteiger partial charge in [0.1, 0.15) is 12.3 Å². The van der Waals surface area contributed by atoms with Crippen molar-refractivity contribution in [1.29, 1.82) is 0 Å². The van der Waals surface area contributed by atoms with E-state index in [0.717, 1.165) is 36.3 Å². The molecule has 0 aromatic carbocycles. The van der Waals surface area contributed by atoms with E-state index in [4.69, 9.17) is 4.42 Å². The minimum absolute atomic E-state index is 0.105. The highest BCUT2D eigenvalue weighted by Gasteiger charge is 2.48. The van der Waals surface area contributed by atoms with Crippen molar-refractivity contribution in [2.24, 2.45) is 11.8 Å². The van der Waals surface area contributed by atoms with Gasteiger partial charge in [0.15, 0.2) is 0 Å². The first-order chi connectivity index (χ1) is 12.0. The van der Waals surface area contributed by atoms with Gasteiger partial charge < -0.3 is 9.73 Å². The topological polar surface area (TPSA) is 82.9 Å². The lowest BCUT2D eigenvalue weighted by molar-refractivity contribution is -0.143. The van der Waals surface area contributed by atoms with Crippen LogP contribution < -0.4 is 5.32 Å². The smallest absolute Gasteiger partial charge is 0.240 e. The third-order valence-corrected chi connectivity index (χ3v) is 5.22. The molecule has 7 heteroatoms. The van der Waals surface area contributed by atoms with Gasteiger partial charge in [-0.1, -0.05) is 12.8 Å².